The molecule has 2 aromatic rings. The smallest absolute Gasteiger partial charge is 0.317 e. The van der Waals surface area contributed by atoms with Crippen LogP contribution in [0.4, 0.5) is 8.78 Å². The second kappa shape index (κ2) is 6.38. The van der Waals surface area contributed by atoms with Crippen molar-refractivity contribution in [2.24, 2.45) is 10.7 Å². The van der Waals surface area contributed by atoms with Crippen molar-refractivity contribution >= 4 is 5.84 Å². The summed E-state index contributed by atoms with van der Waals surface area (Å²) in [6.07, 6.45) is 2.30. The van der Waals surface area contributed by atoms with Crippen LogP contribution in [-0.4, -0.2) is 15.8 Å². The highest BCUT2D eigenvalue weighted by Gasteiger charge is 2.12. The zero-order valence-corrected chi connectivity index (χ0v) is 10.6. The van der Waals surface area contributed by atoms with Gasteiger partial charge in [0.15, 0.2) is 11.7 Å². The highest BCUT2D eigenvalue weighted by Crippen LogP contribution is 2.11. The molecule has 1 heterocycles. The molecular weight excluding hydrogens is 280 g/mol. The quantitative estimate of drug-likeness (QED) is 0.523. The summed E-state index contributed by atoms with van der Waals surface area (Å²) < 4.78 is 31.5. The van der Waals surface area contributed by atoms with E-state index in [0.717, 1.165) is 6.20 Å². The number of benzene rings is 1. The maximum absolute atomic E-state index is 13.5. The van der Waals surface area contributed by atoms with Crippen LogP contribution in [0.1, 0.15) is 11.3 Å². The summed E-state index contributed by atoms with van der Waals surface area (Å²) >= 11 is 0. The first-order valence-electron chi connectivity index (χ1n) is 5.72. The third-order valence-corrected chi connectivity index (χ3v) is 2.42. The lowest BCUT2D eigenvalue weighted by molar-refractivity contribution is 0.279. The average Bonchev–Trinajstić information content (AvgIpc) is 2.48. The molecule has 0 saturated carbocycles. The molecule has 106 valence electrons. The molecule has 0 fully saturated rings. The van der Waals surface area contributed by atoms with Gasteiger partial charge in [-0.3, -0.25) is 0 Å². The molecule has 0 unspecified atom stereocenters. The van der Waals surface area contributed by atoms with Crippen LogP contribution in [0.2, 0.25) is 0 Å². The average molecular weight is 289 g/mol. The van der Waals surface area contributed by atoms with E-state index in [1.807, 2.05) is 0 Å². The van der Waals surface area contributed by atoms with Crippen molar-refractivity contribution < 1.29 is 13.5 Å². The summed E-state index contributed by atoms with van der Waals surface area (Å²) in [7, 11) is 0. The van der Waals surface area contributed by atoms with Crippen molar-refractivity contribution in [2.75, 3.05) is 0 Å². The molecule has 6 nitrogen and oxygen atoms in total. The Bertz CT molecular complexity index is 709. The van der Waals surface area contributed by atoms with Gasteiger partial charge in [-0.15, -0.1) is 0 Å². The van der Waals surface area contributed by atoms with Crippen molar-refractivity contribution in [2.45, 2.75) is 6.61 Å². The molecular formula is C13H9F2N5O. The largest absolute Gasteiger partial charge is 0.459 e. The van der Waals surface area contributed by atoms with Gasteiger partial charge in [-0.2, -0.15) is 15.2 Å². The number of nitriles is 1. The lowest BCUT2D eigenvalue weighted by atomic mass is 10.2. The second-order valence-electron chi connectivity index (χ2n) is 3.86. The van der Waals surface area contributed by atoms with Crippen LogP contribution >= 0.6 is 0 Å². The molecule has 0 spiro atoms. The summed E-state index contributed by atoms with van der Waals surface area (Å²) in [5.41, 5.74) is 5.77. The maximum atomic E-state index is 13.5. The summed E-state index contributed by atoms with van der Waals surface area (Å²) in [5, 5.41) is 8.39. The molecule has 0 radical (unpaired) electrons. The van der Waals surface area contributed by atoms with Gasteiger partial charge in [-0.1, -0.05) is 12.1 Å². The minimum absolute atomic E-state index is 0.0701. The van der Waals surface area contributed by atoms with Crippen molar-refractivity contribution in [3.05, 3.63) is 53.4 Å². The van der Waals surface area contributed by atoms with Crippen LogP contribution in [0.15, 0.2) is 35.5 Å². The minimum Gasteiger partial charge on any atom is -0.459 e. The lowest BCUT2D eigenvalue weighted by Gasteiger charge is -2.06. The molecule has 0 amide bonds. The van der Waals surface area contributed by atoms with Gasteiger partial charge in [0, 0.05) is 0 Å². The van der Waals surface area contributed by atoms with Crippen LogP contribution in [0.5, 0.6) is 6.01 Å². The van der Waals surface area contributed by atoms with Gasteiger partial charge in [-0.25, -0.2) is 13.8 Å². The SMILES string of the molecule is N#CN=C(N)c1nc(OCc2ccc(F)cc2)ncc1F. The summed E-state index contributed by atoms with van der Waals surface area (Å²) in [6, 6.07) is 5.50. The van der Waals surface area contributed by atoms with E-state index < -0.39 is 5.82 Å². The van der Waals surface area contributed by atoms with Crippen molar-refractivity contribution in [3.8, 4) is 12.2 Å². The van der Waals surface area contributed by atoms with E-state index in [1.165, 1.54) is 30.5 Å². The van der Waals surface area contributed by atoms with Crippen LogP contribution in [0, 0.1) is 23.1 Å². The van der Waals surface area contributed by atoms with E-state index in [0.29, 0.717) is 5.56 Å². The molecule has 0 atom stereocenters. The van der Waals surface area contributed by atoms with E-state index in [4.69, 9.17) is 15.7 Å². The number of hydrogen-bond donors (Lipinski definition) is 1. The second-order valence-corrected chi connectivity index (χ2v) is 3.86. The fourth-order valence-electron chi connectivity index (χ4n) is 1.44. The molecule has 0 bridgehead atoms. The summed E-state index contributed by atoms with van der Waals surface area (Å²) in [4.78, 5) is 10.6. The number of aromatic nitrogens is 2. The van der Waals surface area contributed by atoms with E-state index in [1.54, 1.807) is 0 Å². The molecule has 8 heteroatoms. The zero-order valence-electron chi connectivity index (χ0n) is 10.6. The minimum atomic E-state index is -0.819. The fourth-order valence-corrected chi connectivity index (χ4v) is 1.44. The number of hydrogen-bond acceptors (Lipinski definition) is 5. The predicted octanol–water partition coefficient (Wildman–Crippen LogP) is 1.52. The zero-order chi connectivity index (χ0) is 15.2. The van der Waals surface area contributed by atoms with Crippen LogP contribution in [-0.2, 0) is 6.61 Å². The first-order chi connectivity index (χ1) is 10.1. The Balaban J connectivity index is 2.14. The fraction of sp³-hybridized carbons (Fsp3) is 0.0769. The van der Waals surface area contributed by atoms with Gasteiger partial charge in [0.1, 0.15) is 18.1 Å². The van der Waals surface area contributed by atoms with Gasteiger partial charge >= 0.3 is 6.01 Å². The van der Waals surface area contributed by atoms with E-state index in [-0.39, 0.29) is 30.0 Å². The maximum Gasteiger partial charge on any atom is 0.317 e. The predicted molar refractivity (Wildman–Crippen MR) is 69.1 cm³/mol. The molecule has 1 aromatic heterocycles. The summed E-state index contributed by atoms with van der Waals surface area (Å²) in [6.45, 7) is 0.0701. The number of amidine groups is 1. The van der Waals surface area contributed by atoms with Crippen LogP contribution < -0.4 is 10.5 Å². The topological polar surface area (TPSA) is 97.2 Å². The molecule has 1 aromatic carbocycles. The molecule has 2 N–H and O–H groups in total. The van der Waals surface area contributed by atoms with Crippen molar-refractivity contribution in [1.82, 2.24) is 9.97 Å². The molecule has 0 aliphatic rings. The Kier molecular flexibility index (Phi) is 4.36. The Labute approximate surface area is 118 Å². The molecule has 21 heavy (non-hydrogen) atoms. The highest BCUT2D eigenvalue weighted by molar-refractivity contribution is 5.96. The molecule has 0 saturated heterocycles. The van der Waals surface area contributed by atoms with Crippen molar-refractivity contribution in [3.63, 3.8) is 0 Å². The molecule has 0 aliphatic heterocycles. The third kappa shape index (κ3) is 3.70. The Morgan fingerprint density at radius 3 is 2.71 bits per heavy atom. The van der Waals surface area contributed by atoms with Crippen molar-refractivity contribution in [1.29, 1.82) is 5.26 Å². The number of rotatable bonds is 4. The number of nitrogens with zero attached hydrogens (tertiary/aromatic N) is 4. The van der Waals surface area contributed by atoms with Gasteiger partial charge in [0.05, 0.1) is 6.20 Å². The number of nitrogens with two attached hydrogens (primary N) is 1. The highest BCUT2D eigenvalue weighted by atomic mass is 19.1. The number of aliphatic imine (C=N–C) groups is 1. The first kappa shape index (κ1) is 14.3. The normalized spacial score (nSPS) is 11.0. The Hall–Kier alpha value is -3.08. The number of halogens is 2. The van der Waals surface area contributed by atoms with Gasteiger partial charge in [0.25, 0.3) is 0 Å². The Morgan fingerprint density at radius 2 is 2.05 bits per heavy atom. The van der Waals surface area contributed by atoms with Crippen LogP contribution in [0.3, 0.4) is 0 Å². The lowest BCUT2D eigenvalue weighted by Crippen LogP contribution is -2.18. The third-order valence-electron chi connectivity index (χ3n) is 2.42. The first-order valence-corrected chi connectivity index (χ1v) is 5.72. The monoisotopic (exact) mass is 289 g/mol. The molecule has 2 rings (SSSR count). The molecule has 0 aliphatic carbocycles. The Morgan fingerprint density at radius 1 is 1.33 bits per heavy atom. The van der Waals surface area contributed by atoms with Crippen LogP contribution in [0.25, 0.3) is 0 Å². The van der Waals surface area contributed by atoms with Gasteiger partial charge in [-0.05, 0) is 17.7 Å². The van der Waals surface area contributed by atoms with Gasteiger partial charge in [0.2, 0.25) is 6.19 Å². The summed E-state index contributed by atoms with van der Waals surface area (Å²) in [5.74, 6) is -1.55. The van der Waals surface area contributed by atoms with E-state index >= 15 is 0 Å². The number of ether oxygens (including phenoxy) is 1. The van der Waals surface area contributed by atoms with Gasteiger partial charge < -0.3 is 10.5 Å². The standard InChI is InChI=1S/C13H9F2N5O/c14-9-3-1-8(2-4-9)6-21-13-18-5-10(15)11(20-13)12(17)19-7-16/h1-5H,6H2,(H2,17,19). The van der Waals surface area contributed by atoms with E-state index in [9.17, 15) is 8.78 Å². The van der Waals surface area contributed by atoms with E-state index in [2.05, 4.69) is 15.0 Å².